The fourth-order valence-electron chi connectivity index (χ4n) is 4.65. The van der Waals surface area contributed by atoms with Crippen molar-refractivity contribution in [2.45, 2.75) is 71.1 Å². The van der Waals surface area contributed by atoms with E-state index in [0.717, 1.165) is 22.6 Å². The molecule has 4 rings (SSSR count). The van der Waals surface area contributed by atoms with Gasteiger partial charge in [0.15, 0.2) is 5.75 Å². The van der Waals surface area contributed by atoms with Crippen molar-refractivity contribution in [3.8, 4) is 5.75 Å². The Hall–Kier alpha value is -3.67. The molecule has 0 saturated carbocycles. The fraction of sp³-hybridized carbons (Fsp3) is 0.462. The fourth-order valence-corrected chi connectivity index (χ4v) is 4.65. The molecule has 2 aliphatic heterocycles. The highest BCUT2D eigenvalue weighted by Gasteiger charge is 2.52. The first-order valence-corrected chi connectivity index (χ1v) is 12.1. The van der Waals surface area contributed by atoms with Gasteiger partial charge in [-0.15, -0.1) is 13.2 Å². The maximum absolute atomic E-state index is 13.4. The lowest BCUT2D eigenvalue weighted by Crippen LogP contribution is -2.61. The molecule has 2 saturated heterocycles. The summed E-state index contributed by atoms with van der Waals surface area (Å²) in [6.07, 6.45) is -1.34. The standard InChI is InChI=1S/C26H30F3N5O4/c1-24(2,3)32-13-10-19(32)21(35)31-18-14-17(6-7-20(18)38-26(27,28)29)34-22(36)25(4,5)33(23(34)37)15-16-8-11-30-12-9-16/h6-9,11-12,14,19H,10,13,15H2,1-5H3,(H,31,35). The number of hydrogen-bond donors (Lipinski definition) is 1. The smallest absolute Gasteiger partial charge is 0.404 e. The lowest BCUT2D eigenvalue weighted by atomic mass is 9.93. The number of pyridine rings is 1. The summed E-state index contributed by atoms with van der Waals surface area (Å²) in [7, 11) is 0. The summed E-state index contributed by atoms with van der Waals surface area (Å²) in [6.45, 7) is 9.80. The highest BCUT2D eigenvalue weighted by atomic mass is 19.4. The van der Waals surface area contributed by atoms with Gasteiger partial charge in [-0.2, -0.15) is 0 Å². The first-order chi connectivity index (χ1) is 17.6. The number of halogens is 3. The van der Waals surface area contributed by atoms with Crippen molar-refractivity contribution in [2.24, 2.45) is 0 Å². The lowest BCUT2D eigenvalue weighted by Gasteiger charge is -2.48. The molecule has 1 aromatic heterocycles. The Morgan fingerprint density at radius 3 is 2.34 bits per heavy atom. The van der Waals surface area contributed by atoms with Gasteiger partial charge >= 0.3 is 12.4 Å². The summed E-state index contributed by atoms with van der Waals surface area (Å²) in [6, 6.07) is 5.58. The van der Waals surface area contributed by atoms with Crippen molar-refractivity contribution >= 4 is 29.2 Å². The monoisotopic (exact) mass is 533 g/mol. The normalized spacial score (nSPS) is 19.9. The molecule has 9 nitrogen and oxygen atoms in total. The number of urea groups is 1. The van der Waals surface area contributed by atoms with Crippen LogP contribution in [0.3, 0.4) is 0 Å². The number of alkyl halides is 3. The van der Waals surface area contributed by atoms with Crippen molar-refractivity contribution in [3.05, 3.63) is 48.3 Å². The number of aromatic nitrogens is 1. The molecule has 38 heavy (non-hydrogen) atoms. The van der Waals surface area contributed by atoms with Crippen molar-refractivity contribution in [1.29, 1.82) is 0 Å². The molecular weight excluding hydrogens is 503 g/mol. The third-order valence-corrected chi connectivity index (χ3v) is 6.80. The van der Waals surface area contributed by atoms with Crippen LogP contribution in [0, 0.1) is 0 Å². The second kappa shape index (κ2) is 9.57. The summed E-state index contributed by atoms with van der Waals surface area (Å²) in [5.74, 6) is -1.71. The first-order valence-electron chi connectivity index (χ1n) is 12.1. The zero-order chi connectivity index (χ0) is 28.0. The van der Waals surface area contributed by atoms with Gasteiger partial charge in [0, 0.05) is 31.0 Å². The third kappa shape index (κ3) is 5.31. The van der Waals surface area contributed by atoms with Crippen molar-refractivity contribution in [2.75, 3.05) is 16.8 Å². The highest BCUT2D eigenvalue weighted by Crippen LogP contribution is 2.39. The number of ether oxygens (including phenoxy) is 1. The Bertz CT molecular complexity index is 1240. The number of carbonyl (C=O) groups excluding carboxylic acids is 3. The average molecular weight is 534 g/mol. The highest BCUT2D eigenvalue weighted by molar-refractivity contribution is 6.23. The largest absolute Gasteiger partial charge is 0.573 e. The van der Waals surface area contributed by atoms with E-state index >= 15 is 0 Å². The van der Waals surface area contributed by atoms with E-state index in [1.807, 2.05) is 25.7 Å². The van der Waals surface area contributed by atoms with Gasteiger partial charge in [-0.25, -0.2) is 9.69 Å². The van der Waals surface area contributed by atoms with Crippen molar-refractivity contribution in [3.63, 3.8) is 0 Å². The van der Waals surface area contributed by atoms with Crippen LogP contribution in [0.4, 0.5) is 29.3 Å². The maximum atomic E-state index is 13.4. The lowest BCUT2D eigenvalue weighted by molar-refractivity contribution is -0.274. The number of amides is 4. The van der Waals surface area contributed by atoms with Gasteiger partial charge in [0.1, 0.15) is 5.54 Å². The van der Waals surface area contributed by atoms with Crippen LogP contribution < -0.4 is 15.0 Å². The van der Waals surface area contributed by atoms with Crippen LogP contribution in [0.5, 0.6) is 5.75 Å². The van der Waals surface area contributed by atoms with E-state index in [4.69, 9.17) is 0 Å². The molecule has 1 unspecified atom stereocenters. The minimum absolute atomic E-state index is 0.0106. The third-order valence-electron chi connectivity index (χ3n) is 6.80. The van der Waals surface area contributed by atoms with Crippen LogP contribution in [-0.4, -0.2) is 62.7 Å². The van der Waals surface area contributed by atoms with Crippen LogP contribution in [0.1, 0.15) is 46.6 Å². The van der Waals surface area contributed by atoms with Gasteiger partial charge in [-0.1, -0.05) is 0 Å². The number of carbonyl (C=O) groups is 3. The summed E-state index contributed by atoms with van der Waals surface area (Å²) >= 11 is 0. The molecule has 3 heterocycles. The molecule has 2 aliphatic rings. The van der Waals surface area contributed by atoms with E-state index in [1.54, 1.807) is 38.4 Å². The summed E-state index contributed by atoms with van der Waals surface area (Å²) < 4.78 is 43.5. The number of imide groups is 1. The van der Waals surface area contributed by atoms with E-state index in [9.17, 15) is 27.6 Å². The first kappa shape index (κ1) is 27.4. The van der Waals surface area contributed by atoms with Crippen LogP contribution in [-0.2, 0) is 16.1 Å². The second-order valence-corrected chi connectivity index (χ2v) is 10.8. The van der Waals surface area contributed by atoms with Crippen LogP contribution >= 0.6 is 0 Å². The number of nitrogens with zero attached hydrogens (tertiary/aromatic N) is 4. The van der Waals surface area contributed by atoms with E-state index in [-0.39, 0.29) is 23.5 Å². The van der Waals surface area contributed by atoms with Crippen LogP contribution in [0.15, 0.2) is 42.7 Å². The van der Waals surface area contributed by atoms with E-state index < -0.39 is 41.5 Å². The molecule has 0 aliphatic carbocycles. The molecule has 1 N–H and O–H groups in total. The molecule has 2 aromatic rings. The van der Waals surface area contributed by atoms with Crippen molar-refractivity contribution in [1.82, 2.24) is 14.8 Å². The molecule has 4 amide bonds. The molecule has 1 atom stereocenters. The van der Waals surface area contributed by atoms with Gasteiger partial charge in [0.2, 0.25) is 5.91 Å². The summed E-state index contributed by atoms with van der Waals surface area (Å²) in [5, 5.41) is 2.53. The van der Waals surface area contributed by atoms with Gasteiger partial charge in [-0.3, -0.25) is 19.5 Å². The summed E-state index contributed by atoms with van der Waals surface area (Å²) in [4.78, 5) is 48.0. The van der Waals surface area contributed by atoms with Gasteiger partial charge < -0.3 is 15.0 Å². The van der Waals surface area contributed by atoms with E-state index in [1.165, 1.54) is 11.0 Å². The zero-order valence-corrected chi connectivity index (χ0v) is 21.8. The molecule has 0 bridgehead atoms. The Balaban J connectivity index is 1.66. The minimum Gasteiger partial charge on any atom is -0.404 e. The Kier molecular flexibility index (Phi) is 6.89. The van der Waals surface area contributed by atoms with Gasteiger partial charge in [-0.05, 0) is 76.9 Å². The van der Waals surface area contributed by atoms with Gasteiger partial charge in [0.25, 0.3) is 5.91 Å². The number of likely N-dealkylation sites (tertiary alicyclic amines) is 1. The molecule has 12 heteroatoms. The quantitative estimate of drug-likeness (QED) is 0.548. The number of anilines is 2. The molecule has 0 spiro atoms. The maximum Gasteiger partial charge on any atom is 0.573 e. The van der Waals surface area contributed by atoms with Crippen LogP contribution in [0.2, 0.25) is 0 Å². The Morgan fingerprint density at radius 2 is 1.79 bits per heavy atom. The van der Waals surface area contributed by atoms with E-state index in [0.29, 0.717) is 13.0 Å². The predicted molar refractivity (Wildman–Crippen MR) is 133 cm³/mol. The number of benzene rings is 1. The van der Waals surface area contributed by atoms with E-state index in [2.05, 4.69) is 15.0 Å². The molecular formula is C26H30F3N5O4. The topological polar surface area (TPSA) is 95.1 Å². The molecule has 1 aromatic carbocycles. The number of nitrogens with one attached hydrogen (secondary N) is 1. The van der Waals surface area contributed by atoms with Crippen molar-refractivity contribution < 1.29 is 32.3 Å². The Morgan fingerprint density at radius 1 is 1.13 bits per heavy atom. The molecule has 0 radical (unpaired) electrons. The summed E-state index contributed by atoms with van der Waals surface area (Å²) in [5.41, 5.74) is -1.08. The SMILES string of the molecule is CC(C)(C)N1CCC1C(=O)Nc1cc(N2C(=O)N(Cc3ccncc3)C(C)(C)C2=O)ccc1OC(F)(F)F. The average Bonchev–Trinajstić information content (AvgIpc) is 2.92. The molecule has 2 fully saturated rings. The predicted octanol–water partition coefficient (Wildman–Crippen LogP) is 4.54. The number of rotatable bonds is 6. The van der Waals surface area contributed by atoms with Gasteiger partial charge in [0.05, 0.1) is 17.4 Å². The van der Waals surface area contributed by atoms with Crippen LogP contribution in [0.25, 0.3) is 0 Å². The molecule has 204 valence electrons. The minimum atomic E-state index is -5.02. The zero-order valence-electron chi connectivity index (χ0n) is 21.8. The number of hydrogen-bond acceptors (Lipinski definition) is 6. The second-order valence-electron chi connectivity index (χ2n) is 10.8. The Labute approximate surface area is 218 Å².